The maximum absolute atomic E-state index is 13.1. The molecule has 0 bridgehead atoms. The Hall–Kier alpha value is -4.80. The molecule has 108 heavy (non-hydrogen) atoms. The summed E-state index contributed by atoms with van der Waals surface area (Å²) in [5.74, 6) is -2.22. The third kappa shape index (κ3) is 79.3. The average molecular weight is 1560 g/mol. The lowest BCUT2D eigenvalue weighted by molar-refractivity contribution is -0.161. The molecule has 0 saturated heterocycles. The van der Waals surface area contributed by atoms with Crippen molar-refractivity contribution in [3.8, 4) is 0 Å². The fourth-order valence-corrected chi connectivity index (χ4v) is 12.9. The van der Waals surface area contributed by atoms with Gasteiger partial charge in [0, 0.05) is 25.7 Å². The minimum Gasteiger partial charge on any atom is -0.462 e. The van der Waals surface area contributed by atoms with Crippen molar-refractivity contribution in [3.63, 3.8) is 0 Å². The van der Waals surface area contributed by atoms with Crippen LogP contribution >= 0.6 is 15.6 Å². The first-order valence-corrected chi connectivity index (χ1v) is 45.4. The zero-order valence-corrected chi connectivity index (χ0v) is 69.8. The summed E-state index contributed by atoms with van der Waals surface area (Å²) in [7, 11) is -9.98. The van der Waals surface area contributed by atoms with Gasteiger partial charge in [0.25, 0.3) is 0 Å². The predicted molar refractivity (Wildman–Crippen MR) is 445 cm³/mol. The summed E-state index contributed by atoms with van der Waals surface area (Å²) < 4.78 is 68.8. The van der Waals surface area contributed by atoms with Crippen LogP contribution in [0.15, 0.2) is 134 Å². The lowest BCUT2D eigenvalue weighted by Crippen LogP contribution is -2.30. The SMILES string of the molecule is CC/C=C\C/C=C\C/C=C\C/C=C\C/C=C\CCCCCC(=O)OCC(COP(=O)(O)OCC(O)COP(=O)(O)OCC(COC(=O)CCCCCCCCC/C=C\C/C=C\C/C=C\CC)OC(=O)CCCCCCCCCCCCCCCCC)OC(=O)CCCCCCCCC/C=C\C/C=C\C/C=C\CC. The lowest BCUT2D eigenvalue weighted by Gasteiger charge is -2.21. The van der Waals surface area contributed by atoms with Gasteiger partial charge in [-0.3, -0.25) is 37.3 Å². The van der Waals surface area contributed by atoms with Crippen molar-refractivity contribution in [2.45, 2.75) is 367 Å². The predicted octanol–water partition coefficient (Wildman–Crippen LogP) is 25.2. The van der Waals surface area contributed by atoms with Crippen molar-refractivity contribution in [2.24, 2.45) is 0 Å². The van der Waals surface area contributed by atoms with Gasteiger partial charge >= 0.3 is 39.5 Å². The first-order chi connectivity index (χ1) is 52.7. The van der Waals surface area contributed by atoms with E-state index in [1.807, 2.05) is 0 Å². The molecule has 17 nitrogen and oxygen atoms in total. The molecule has 0 aliphatic rings. The molecule has 0 aliphatic carbocycles. The number of hydrogen-bond donors (Lipinski definition) is 3. The molecule has 5 atom stereocenters. The quantitative estimate of drug-likeness (QED) is 0.0169. The second kappa shape index (κ2) is 80.3. The van der Waals surface area contributed by atoms with E-state index in [0.29, 0.717) is 25.7 Å². The Morgan fingerprint density at radius 1 is 0.269 bits per heavy atom. The topological polar surface area (TPSA) is 237 Å². The van der Waals surface area contributed by atoms with Gasteiger partial charge < -0.3 is 33.8 Å². The molecule has 0 spiro atoms. The second-order valence-electron chi connectivity index (χ2n) is 28.0. The first kappa shape index (κ1) is 103. The highest BCUT2D eigenvalue weighted by molar-refractivity contribution is 7.47. The zero-order chi connectivity index (χ0) is 78.9. The summed E-state index contributed by atoms with van der Waals surface area (Å²) in [5, 5.41) is 10.7. The highest BCUT2D eigenvalue weighted by Crippen LogP contribution is 2.45. The highest BCUT2D eigenvalue weighted by Gasteiger charge is 2.30. The summed E-state index contributed by atoms with van der Waals surface area (Å²) in [5.41, 5.74) is 0. The van der Waals surface area contributed by atoms with Crippen LogP contribution in [0, 0.1) is 0 Å². The molecule has 0 aromatic rings. The number of hydrogen-bond acceptors (Lipinski definition) is 15. The van der Waals surface area contributed by atoms with E-state index in [2.05, 4.69) is 161 Å². The van der Waals surface area contributed by atoms with Gasteiger partial charge in [0.2, 0.25) is 0 Å². The average Bonchev–Trinajstić information content (AvgIpc) is 0.906. The van der Waals surface area contributed by atoms with Crippen LogP contribution in [-0.4, -0.2) is 96.7 Å². The number of phosphoric ester groups is 2. The molecule has 0 fully saturated rings. The van der Waals surface area contributed by atoms with Crippen LogP contribution in [0.2, 0.25) is 0 Å². The smallest absolute Gasteiger partial charge is 0.462 e. The number of carbonyl (C=O) groups excluding carboxylic acids is 4. The van der Waals surface area contributed by atoms with Gasteiger partial charge in [0.1, 0.15) is 19.3 Å². The van der Waals surface area contributed by atoms with Crippen LogP contribution in [0.3, 0.4) is 0 Å². The second-order valence-corrected chi connectivity index (χ2v) is 30.9. The van der Waals surface area contributed by atoms with Crippen LogP contribution in [0.5, 0.6) is 0 Å². The normalized spacial score (nSPS) is 14.5. The van der Waals surface area contributed by atoms with E-state index in [4.69, 9.17) is 37.0 Å². The number of unbranched alkanes of at least 4 members (excludes halogenated alkanes) is 31. The monoisotopic (exact) mass is 1560 g/mol. The molecule has 5 unspecified atom stereocenters. The third-order valence-corrected chi connectivity index (χ3v) is 19.5. The van der Waals surface area contributed by atoms with E-state index >= 15 is 0 Å². The summed E-state index contributed by atoms with van der Waals surface area (Å²) in [6, 6.07) is 0. The minimum atomic E-state index is -4.99. The van der Waals surface area contributed by atoms with E-state index in [0.717, 1.165) is 205 Å². The number of esters is 4. The fraction of sp³-hybridized carbons (Fsp3) is 0.708. The largest absolute Gasteiger partial charge is 0.472 e. The van der Waals surface area contributed by atoms with E-state index in [1.54, 1.807) is 0 Å². The van der Waals surface area contributed by atoms with Gasteiger partial charge in [-0.15, -0.1) is 0 Å². The van der Waals surface area contributed by atoms with E-state index < -0.39 is 97.5 Å². The van der Waals surface area contributed by atoms with Gasteiger partial charge in [-0.05, 0) is 135 Å². The Morgan fingerprint density at radius 2 is 0.481 bits per heavy atom. The number of aliphatic hydroxyl groups is 1. The standard InChI is InChI=1S/C89H152O17P2/c1-5-9-13-17-21-25-29-33-37-40-41-44-47-50-54-58-62-66-70-74-87(92)100-80-85(106-89(94)76-72-68-64-60-56-52-48-43-39-35-31-27-23-19-15-11-7-3)82-104-108(97,98)102-78-83(90)77-101-107(95,96)103-81-84(105-88(93)75-71-67-63-59-55-51-45-36-32-28-24-20-16-12-8-4)79-99-86(91)73-69-65-61-57-53-49-46-42-38-34-30-26-22-18-14-10-6-2/h9-11,13-15,21-23,25-27,33-35,37-39,41,44,50,54,83-85,90H,5-8,12,16-20,24,28-32,36,40,42-43,45-49,51-53,55-82H2,1-4H3,(H,95,96)(H,97,98)/b13-9-,14-10-,15-11-,25-21-,26-22-,27-23-,37-33-,38-34-,39-35-,44-41-,54-50-. The minimum absolute atomic E-state index is 0.0734. The van der Waals surface area contributed by atoms with Crippen LogP contribution in [0.4, 0.5) is 0 Å². The van der Waals surface area contributed by atoms with Crippen LogP contribution in [-0.2, 0) is 65.4 Å². The third-order valence-electron chi connectivity index (χ3n) is 17.6. The molecule has 19 heteroatoms. The van der Waals surface area contributed by atoms with E-state index in [9.17, 15) is 43.2 Å². The van der Waals surface area contributed by atoms with Crippen LogP contribution in [0.25, 0.3) is 0 Å². The van der Waals surface area contributed by atoms with Crippen molar-refractivity contribution < 1.29 is 80.2 Å². The molecule has 0 radical (unpaired) electrons. The summed E-state index contributed by atoms with van der Waals surface area (Å²) in [6.45, 7) is 4.54. The molecule has 620 valence electrons. The van der Waals surface area contributed by atoms with Crippen molar-refractivity contribution in [1.82, 2.24) is 0 Å². The molecule has 0 rings (SSSR count). The van der Waals surface area contributed by atoms with Gasteiger partial charge in [0.15, 0.2) is 12.2 Å². The van der Waals surface area contributed by atoms with E-state index in [-0.39, 0.29) is 25.7 Å². The molecular formula is C89H152O17P2. The van der Waals surface area contributed by atoms with Gasteiger partial charge in [-0.1, -0.05) is 322 Å². The van der Waals surface area contributed by atoms with Crippen molar-refractivity contribution in [3.05, 3.63) is 134 Å². The van der Waals surface area contributed by atoms with Gasteiger partial charge in [0.05, 0.1) is 26.4 Å². The number of aliphatic hydroxyl groups excluding tert-OH is 1. The Bertz CT molecular complexity index is 2560. The molecule has 3 N–H and O–H groups in total. The van der Waals surface area contributed by atoms with E-state index in [1.165, 1.54) is 64.2 Å². The molecule has 0 saturated carbocycles. The Balaban J connectivity index is 5.41. The summed E-state index contributed by atoms with van der Waals surface area (Å²) >= 11 is 0. The Morgan fingerprint density at radius 3 is 0.750 bits per heavy atom. The molecule has 0 amide bonds. The Labute approximate surface area is 656 Å². The molecule has 0 aromatic heterocycles. The number of rotatable bonds is 79. The summed E-state index contributed by atoms with van der Waals surface area (Å²) in [6.07, 6.45) is 91.2. The maximum atomic E-state index is 13.1. The lowest BCUT2D eigenvalue weighted by atomic mass is 10.0. The molecule has 0 aliphatic heterocycles. The number of phosphoric acid groups is 2. The molecule has 0 heterocycles. The zero-order valence-electron chi connectivity index (χ0n) is 68.0. The number of carbonyl (C=O) groups is 4. The van der Waals surface area contributed by atoms with Crippen LogP contribution in [0.1, 0.15) is 349 Å². The summed E-state index contributed by atoms with van der Waals surface area (Å²) in [4.78, 5) is 73.3. The van der Waals surface area contributed by atoms with Gasteiger partial charge in [-0.2, -0.15) is 0 Å². The maximum Gasteiger partial charge on any atom is 0.472 e. The highest BCUT2D eigenvalue weighted by atomic mass is 31.2. The molecule has 0 aromatic carbocycles. The van der Waals surface area contributed by atoms with Crippen LogP contribution < -0.4 is 0 Å². The van der Waals surface area contributed by atoms with Crippen molar-refractivity contribution in [1.29, 1.82) is 0 Å². The van der Waals surface area contributed by atoms with Crippen molar-refractivity contribution in [2.75, 3.05) is 39.6 Å². The van der Waals surface area contributed by atoms with Gasteiger partial charge in [-0.25, -0.2) is 9.13 Å². The molecular weight excluding hydrogens is 1400 g/mol. The Kier molecular flexibility index (Phi) is 76.7. The number of ether oxygens (including phenoxy) is 4. The first-order valence-electron chi connectivity index (χ1n) is 42.4. The fourth-order valence-electron chi connectivity index (χ4n) is 11.3. The van der Waals surface area contributed by atoms with Crippen molar-refractivity contribution >= 4 is 39.5 Å². The number of allylic oxidation sites excluding steroid dienone is 22.